The van der Waals surface area contributed by atoms with Crippen LogP contribution in [-0.4, -0.2) is 35.9 Å². The molecule has 0 spiro atoms. The molecule has 0 N–H and O–H groups in total. The van der Waals surface area contributed by atoms with Gasteiger partial charge < -0.3 is 14.1 Å². The van der Waals surface area contributed by atoms with E-state index >= 15 is 0 Å². The summed E-state index contributed by atoms with van der Waals surface area (Å²) in [5, 5.41) is 0.782. The maximum Gasteiger partial charge on any atom is 0.341 e. The van der Waals surface area contributed by atoms with Crippen molar-refractivity contribution in [2.24, 2.45) is 0 Å². The first kappa shape index (κ1) is 20.3. The first-order chi connectivity index (χ1) is 15.0. The smallest absolute Gasteiger partial charge is 0.341 e. The number of nitrogens with zero attached hydrogens (tertiary/aromatic N) is 2. The first-order valence-electron chi connectivity index (χ1n) is 9.86. The number of aryl methyl sites for hydroxylation is 1. The summed E-state index contributed by atoms with van der Waals surface area (Å²) in [5.74, 6) is 0.345. The standard InChI is InChI=1S/C25H22N2O4/c1-16-20(25(29)30-3)13-18(31-16)15-27(2)24(28)21-14-23(17-9-5-4-6-10-17)26-22-12-8-7-11-19(21)22/h4-14H,15H2,1-3H3. The molecular weight excluding hydrogens is 392 g/mol. The van der Waals surface area contributed by atoms with Crippen LogP contribution in [0.3, 0.4) is 0 Å². The highest BCUT2D eigenvalue weighted by Crippen LogP contribution is 2.26. The Morgan fingerprint density at radius 3 is 2.45 bits per heavy atom. The van der Waals surface area contributed by atoms with Crippen molar-refractivity contribution < 1.29 is 18.7 Å². The molecule has 1 amide bonds. The number of furan rings is 1. The topological polar surface area (TPSA) is 72.6 Å². The Morgan fingerprint density at radius 1 is 1.00 bits per heavy atom. The maximum atomic E-state index is 13.4. The summed E-state index contributed by atoms with van der Waals surface area (Å²) in [7, 11) is 3.03. The minimum Gasteiger partial charge on any atom is -0.465 e. The molecule has 0 saturated carbocycles. The number of benzene rings is 2. The normalized spacial score (nSPS) is 10.8. The molecule has 4 rings (SSSR count). The number of ether oxygens (including phenoxy) is 1. The lowest BCUT2D eigenvalue weighted by Gasteiger charge is -2.18. The van der Waals surface area contributed by atoms with Gasteiger partial charge in [0.1, 0.15) is 17.1 Å². The minimum atomic E-state index is -0.464. The van der Waals surface area contributed by atoms with Gasteiger partial charge in [-0.3, -0.25) is 4.79 Å². The Bertz CT molecular complexity index is 1260. The Hall–Kier alpha value is -3.93. The Labute approximate surface area is 180 Å². The number of pyridine rings is 1. The van der Waals surface area contributed by atoms with Gasteiger partial charge in [0.25, 0.3) is 5.91 Å². The van der Waals surface area contributed by atoms with Crippen LogP contribution in [0.15, 0.2) is 71.1 Å². The number of aromatic nitrogens is 1. The van der Waals surface area contributed by atoms with Gasteiger partial charge in [-0.25, -0.2) is 9.78 Å². The van der Waals surface area contributed by atoms with Gasteiger partial charge in [-0.2, -0.15) is 0 Å². The molecular formula is C25H22N2O4. The van der Waals surface area contributed by atoms with Gasteiger partial charge in [-0.05, 0) is 25.1 Å². The van der Waals surface area contributed by atoms with Crippen LogP contribution in [0, 0.1) is 6.92 Å². The summed E-state index contributed by atoms with van der Waals surface area (Å²) in [6.07, 6.45) is 0. The largest absolute Gasteiger partial charge is 0.465 e. The third kappa shape index (κ3) is 4.05. The van der Waals surface area contributed by atoms with Gasteiger partial charge >= 0.3 is 5.97 Å². The molecule has 0 bridgehead atoms. The van der Waals surface area contributed by atoms with Crippen molar-refractivity contribution in [2.45, 2.75) is 13.5 Å². The van der Waals surface area contributed by atoms with E-state index in [0.29, 0.717) is 22.6 Å². The highest BCUT2D eigenvalue weighted by molar-refractivity contribution is 6.07. The molecule has 0 aliphatic carbocycles. The van der Waals surface area contributed by atoms with Gasteiger partial charge in [0.2, 0.25) is 0 Å². The summed E-state index contributed by atoms with van der Waals surface area (Å²) < 4.78 is 10.4. The summed E-state index contributed by atoms with van der Waals surface area (Å²) in [5.41, 5.74) is 3.34. The molecule has 6 nitrogen and oxygen atoms in total. The molecule has 0 aliphatic rings. The van der Waals surface area contributed by atoms with Crippen LogP contribution in [0.1, 0.15) is 32.2 Å². The lowest BCUT2D eigenvalue weighted by atomic mass is 10.0. The molecule has 0 unspecified atom stereocenters. The van der Waals surface area contributed by atoms with E-state index in [0.717, 1.165) is 22.2 Å². The number of amides is 1. The number of rotatable bonds is 5. The molecule has 156 valence electrons. The molecule has 0 radical (unpaired) electrons. The second-order valence-electron chi connectivity index (χ2n) is 7.27. The van der Waals surface area contributed by atoms with E-state index in [1.54, 1.807) is 24.9 Å². The van der Waals surface area contributed by atoms with Crippen molar-refractivity contribution in [1.82, 2.24) is 9.88 Å². The third-order valence-electron chi connectivity index (χ3n) is 5.13. The lowest BCUT2D eigenvalue weighted by Crippen LogP contribution is -2.26. The molecule has 0 atom stereocenters. The number of carbonyl (C=O) groups excluding carboxylic acids is 2. The van der Waals surface area contributed by atoms with E-state index in [2.05, 4.69) is 0 Å². The van der Waals surface area contributed by atoms with E-state index in [1.807, 2.05) is 60.7 Å². The zero-order valence-corrected chi connectivity index (χ0v) is 17.6. The number of hydrogen-bond acceptors (Lipinski definition) is 5. The zero-order valence-electron chi connectivity index (χ0n) is 17.6. The minimum absolute atomic E-state index is 0.163. The fraction of sp³-hybridized carbons (Fsp3) is 0.160. The predicted molar refractivity (Wildman–Crippen MR) is 118 cm³/mol. The molecule has 31 heavy (non-hydrogen) atoms. The lowest BCUT2D eigenvalue weighted by molar-refractivity contribution is 0.0598. The van der Waals surface area contributed by atoms with Gasteiger partial charge in [0.05, 0.1) is 30.4 Å². The molecule has 2 aromatic carbocycles. The Morgan fingerprint density at radius 2 is 1.71 bits per heavy atom. The van der Waals surface area contributed by atoms with Crippen LogP contribution in [0.25, 0.3) is 22.2 Å². The molecule has 2 aromatic heterocycles. The van der Waals surface area contributed by atoms with Crippen LogP contribution in [-0.2, 0) is 11.3 Å². The zero-order chi connectivity index (χ0) is 22.0. The number of methoxy groups -OCH3 is 1. The average molecular weight is 414 g/mol. The van der Waals surface area contributed by atoms with Crippen LogP contribution < -0.4 is 0 Å². The summed E-state index contributed by atoms with van der Waals surface area (Å²) in [6.45, 7) is 1.91. The van der Waals surface area contributed by atoms with E-state index in [1.165, 1.54) is 7.11 Å². The summed E-state index contributed by atoms with van der Waals surface area (Å²) >= 11 is 0. The van der Waals surface area contributed by atoms with E-state index in [9.17, 15) is 9.59 Å². The second kappa shape index (κ2) is 8.44. The van der Waals surface area contributed by atoms with Crippen LogP contribution in [0.2, 0.25) is 0 Å². The highest BCUT2D eigenvalue weighted by atomic mass is 16.5. The monoisotopic (exact) mass is 414 g/mol. The van der Waals surface area contributed by atoms with Crippen molar-refractivity contribution in [3.63, 3.8) is 0 Å². The van der Waals surface area contributed by atoms with Crippen LogP contribution in [0.4, 0.5) is 0 Å². The maximum absolute atomic E-state index is 13.4. The van der Waals surface area contributed by atoms with Crippen molar-refractivity contribution in [1.29, 1.82) is 0 Å². The van der Waals surface area contributed by atoms with Gasteiger partial charge in [-0.15, -0.1) is 0 Å². The van der Waals surface area contributed by atoms with Crippen molar-refractivity contribution in [3.05, 3.63) is 89.4 Å². The molecule has 2 heterocycles. The number of para-hydroxylation sites is 1. The molecule has 6 heteroatoms. The van der Waals surface area contributed by atoms with Gasteiger partial charge in [0, 0.05) is 18.0 Å². The Kier molecular flexibility index (Phi) is 5.54. The van der Waals surface area contributed by atoms with Crippen molar-refractivity contribution >= 4 is 22.8 Å². The van der Waals surface area contributed by atoms with Crippen molar-refractivity contribution in [3.8, 4) is 11.3 Å². The van der Waals surface area contributed by atoms with Crippen molar-refractivity contribution in [2.75, 3.05) is 14.2 Å². The number of esters is 1. The van der Waals surface area contributed by atoms with E-state index < -0.39 is 5.97 Å². The average Bonchev–Trinajstić information content (AvgIpc) is 3.17. The summed E-state index contributed by atoms with van der Waals surface area (Å²) in [6, 6.07) is 20.8. The predicted octanol–water partition coefficient (Wildman–Crippen LogP) is 4.86. The second-order valence-corrected chi connectivity index (χ2v) is 7.27. The quantitative estimate of drug-likeness (QED) is 0.436. The SMILES string of the molecule is COC(=O)c1cc(CN(C)C(=O)c2cc(-c3ccccc3)nc3ccccc23)oc1C. The number of fused-ring (bicyclic) bond motifs is 1. The first-order valence-corrected chi connectivity index (χ1v) is 9.86. The van der Waals surface area contributed by atoms with Crippen LogP contribution in [0.5, 0.6) is 0 Å². The van der Waals surface area contributed by atoms with E-state index in [4.69, 9.17) is 14.1 Å². The summed E-state index contributed by atoms with van der Waals surface area (Å²) in [4.78, 5) is 31.5. The molecule has 0 fully saturated rings. The Balaban J connectivity index is 1.69. The van der Waals surface area contributed by atoms with Crippen LogP contribution >= 0.6 is 0 Å². The highest BCUT2D eigenvalue weighted by Gasteiger charge is 2.21. The molecule has 0 aliphatic heterocycles. The molecule has 4 aromatic rings. The molecule has 0 saturated heterocycles. The van der Waals surface area contributed by atoms with Gasteiger partial charge in [-0.1, -0.05) is 48.5 Å². The fourth-order valence-electron chi connectivity index (χ4n) is 3.55. The number of hydrogen-bond donors (Lipinski definition) is 0. The number of carbonyl (C=O) groups is 2. The van der Waals surface area contributed by atoms with Gasteiger partial charge in [0.15, 0.2) is 0 Å². The fourth-order valence-corrected chi connectivity index (χ4v) is 3.55. The van der Waals surface area contributed by atoms with E-state index in [-0.39, 0.29) is 12.5 Å². The third-order valence-corrected chi connectivity index (χ3v) is 5.13.